The third-order valence-electron chi connectivity index (χ3n) is 3.25. The summed E-state index contributed by atoms with van der Waals surface area (Å²) in [6.07, 6.45) is -0.867. The largest absolute Gasteiger partial charge is 0.480 e. The summed E-state index contributed by atoms with van der Waals surface area (Å²) in [5, 5.41) is 18.5. The zero-order valence-corrected chi connectivity index (χ0v) is 10.3. The Balaban J connectivity index is 2.33. The number of aryl methyl sites for hydroxylation is 1. The van der Waals surface area contributed by atoms with E-state index in [1.807, 2.05) is 0 Å². The highest BCUT2D eigenvalue weighted by atomic mass is 19.1. The summed E-state index contributed by atoms with van der Waals surface area (Å²) in [4.78, 5) is 24.4. The maximum absolute atomic E-state index is 13.2. The summed E-state index contributed by atoms with van der Waals surface area (Å²) in [5.41, 5.74) is 0.692. The first-order valence-electron chi connectivity index (χ1n) is 5.88. The summed E-state index contributed by atoms with van der Waals surface area (Å²) >= 11 is 0. The molecule has 0 unspecified atom stereocenters. The predicted molar refractivity (Wildman–Crippen MR) is 64.2 cm³/mol. The lowest BCUT2D eigenvalue weighted by Crippen LogP contribution is -2.40. The topological polar surface area (TPSA) is 77.8 Å². The number of carbonyl (C=O) groups is 2. The van der Waals surface area contributed by atoms with Gasteiger partial charge in [-0.1, -0.05) is 6.07 Å². The van der Waals surface area contributed by atoms with Crippen molar-refractivity contribution in [3.05, 3.63) is 35.1 Å². The molecule has 2 atom stereocenters. The molecule has 5 nitrogen and oxygen atoms in total. The van der Waals surface area contributed by atoms with Crippen molar-refractivity contribution in [3.63, 3.8) is 0 Å². The monoisotopic (exact) mass is 267 g/mol. The highest BCUT2D eigenvalue weighted by molar-refractivity contribution is 5.98. The van der Waals surface area contributed by atoms with Gasteiger partial charge in [0, 0.05) is 18.5 Å². The van der Waals surface area contributed by atoms with Gasteiger partial charge < -0.3 is 15.1 Å². The molecule has 1 saturated heterocycles. The lowest BCUT2D eigenvalue weighted by molar-refractivity contribution is -0.141. The van der Waals surface area contributed by atoms with Gasteiger partial charge in [0.1, 0.15) is 11.9 Å². The van der Waals surface area contributed by atoms with Gasteiger partial charge in [-0.15, -0.1) is 0 Å². The molecule has 2 rings (SSSR count). The molecule has 1 aliphatic heterocycles. The Hall–Kier alpha value is -1.95. The van der Waals surface area contributed by atoms with E-state index in [4.69, 9.17) is 5.11 Å². The fourth-order valence-corrected chi connectivity index (χ4v) is 2.25. The normalized spacial score (nSPS) is 22.6. The van der Waals surface area contributed by atoms with Gasteiger partial charge in [-0.3, -0.25) is 4.79 Å². The highest BCUT2D eigenvalue weighted by Gasteiger charge is 2.39. The third-order valence-corrected chi connectivity index (χ3v) is 3.25. The molecule has 102 valence electrons. The van der Waals surface area contributed by atoms with E-state index in [0.717, 1.165) is 11.0 Å². The smallest absolute Gasteiger partial charge is 0.326 e. The highest BCUT2D eigenvalue weighted by Crippen LogP contribution is 2.22. The molecule has 19 heavy (non-hydrogen) atoms. The molecule has 0 aliphatic carbocycles. The number of hydrogen-bond donors (Lipinski definition) is 2. The van der Waals surface area contributed by atoms with Crippen LogP contribution in [0.25, 0.3) is 0 Å². The van der Waals surface area contributed by atoms with Crippen LogP contribution in [-0.2, 0) is 4.79 Å². The summed E-state index contributed by atoms with van der Waals surface area (Å²) in [5.74, 6) is -2.29. The Kier molecular flexibility index (Phi) is 3.53. The van der Waals surface area contributed by atoms with Gasteiger partial charge in [0.15, 0.2) is 0 Å². The number of likely N-dealkylation sites (tertiary alicyclic amines) is 1. The van der Waals surface area contributed by atoms with Crippen LogP contribution in [0.2, 0.25) is 0 Å². The molecular formula is C13H14FNO4. The first-order valence-corrected chi connectivity index (χ1v) is 5.88. The second-order valence-corrected chi connectivity index (χ2v) is 4.66. The van der Waals surface area contributed by atoms with Gasteiger partial charge in [0.05, 0.1) is 6.10 Å². The molecule has 1 amide bonds. The van der Waals surface area contributed by atoms with Crippen LogP contribution in [0.15, 0.2) is 18.2 Å². The van der Waals surface area contributed by atoms with Crippen molar-refractivity contribution in [2.45, 2.75) is 25.5 Å². The van der Waals surface area contributed by atoms with Crippen molar-refractivity contribution in [3.8, 4) is 0 Å². The predicted octanol–water partition coefficient (Wildman–Crippen LogP) is 0.794. The molecule has 0 radical (unpaired) electrons. The van der Waals surface area contributed by atoms with Crippen molar-refractivity contribution in [1.29, 1.82) is 0 Å². The van der Waals surface area contributed by atoms with Gasteiger partial charge in [-0.25, -0.2) is 9.18 Å². The molecule has 1 aliphatic rings. The zero-order chi connectivity index (χ0) is 14.2. The number of hydrogen-bond acceptors (Lipinski definition) is 3. The maximum Gasteiger partial charge on any atom is 0.326 e. The van der Waals surface area contributed by atoms with E-state index in [2.05, 4.69) is 0 Å². The number of carbonyl (C=O) groups excluding carboxylic acids is 1. The molecule has 0 saturated carbocycles. The van der Waals surface area contributed by atoms with Gasteiger partial charge >= 0.3 is 5.97 Å². The van der Waals surface area contributed by atoms with Crippen LogP contribution in [0, 0.1) is 12.7 Å². The van der Waals surface area contributed by atoms with Crippen LogP contribution in [0.4, 0.5) is 4.39 Å². The SMILES string of the molecule is Cc1ccc(F)cc1C(=O)N1C[C@@H](O)C[C@H]1C(=O)O. The van der Waals surface area contributed by atoms with Crippen molar-refractivity contribution >= 4 is 11.9 Å². The quantitative estimate of drug-likeness (QED) is 0.830. The number of benzene rings is 1. The number of nitrogens with zero attached hydrogens (tertiary/aromatic N) is 1. The van der Waals surface area contributed by atoms with Crippen molar-refractivity contribution < 1.29 is 24.2 Å². The van der Waals surface area contributed by atoms with E-state index in [1.54, 1.807) is 6.92 Å². The minimum atomic E-state index is -1.17. The van der Waals surface area contributed by atoms with E-state index in [9.17, 15) is 19.1 Å². The number of aliphatic hydroxyl groups excluding tert-OH is 1. The Bertz CT molecular complexity index is 531. The van der Waals surface area contributed by atoms with Crippen molar-refractivity contribution in [2.75, 3.05) is 6.54 Å². The lowest BCUT2D eigenvalue weighted by atomic mass is 10.1. The molecule has 1 heterocycles. The number of rotatable bonds is 2. The summed E-state index contributed by atoms with van der Waals surface area (Å²) in [6, 6.07) is 2.72. The first kappa shape index (κ1) is 13.5. The van der Waals surface area contributed by atoms with Crippen LogP contribution >= 0.6 is 0 Å². The van der Waals surface area contributed by atoms with Crippen LogP contribution in [0.1, 0.15) is 22.3 Å². The number of β-amino-alcohol motifs (C(OH)–C–C–N with tert-alkyl or cyclic N) is 1. The average Bonchev–Trinajstić information content (AvgIpc) is 2.74. The van der Waals surface area contributed by atoms with Gasteiger partial charge in [0.2, 0.25) is 0 Å². The standard InChI is InChI=1S/C13H14FNO4/c1-7-2-3-8(14)4-10(7)12(17)15-6-9(16)5-11(15)13(18)19/h2-4,9,11,16H,5-6H2,1H3,(H,18,19)/t9-,11-/m0/s1. The molecule has 1 aromatic carbocycles. The molecule has 0 spiro atoms. The summed E-state index contributed by atoms with van der Waals surface area (Å²) in [7, 11) is 0. The molecule has 1 aromatic rings. The number of aliphatic carboxylic acids is 1. The van der Waals surface area contributed by atoms with E-state index in [1.165, 1.54) is 12.1 Å². The fourth-order valence-electron chi connectivity index (χ4n) is 2.25. The zero-order valence-electron chi connectivity index (χ0n) is 10.3. The van der Waals surface area contributed by atoms with E-state index >= 15 is 0 Å². The second-order valence-electron chi connectivity index (χ2n) is 4.66. The van der Waals surface area contributed by atoms with Gasteiger partial charge in [-0.2, -0.15) is 0 Å². The second kappa shape index (κ2) is 4.97. The van der Waals surface area contributed by atoms with Gasteiger partial charge in [0.25, 0.3) is 5.91 Å². The minimum absolute atomic E-state index is 0.00453. The van der Waals surface area contributed by atoms with Crippen LogP contribution in [0.3, 0.4) is 0 Å². The number of carboxylic acids is 1. The van der Waals surface area contributed by atoms with Crippen molar-refractivity contribution in [1.82, 2.24) is 4.90 Å². The summed E-state index contributed by atoms with van der Waals surface area (Å²) in [6.45, 7) is 1.60. The molecule has 6 heteroatoms. The number of aliphatic hydroxyl groups is 1. The fraction of sp³-hybridized carbons (Fsp3) is 0.385. The molecule has 0 aromatic heterocycles. The number of halogens is 1. The molecule has 2 N–H and O–H groups in total. The Labute approximate surface area is 109 Å². The van der Waals surface area contributed by atoms with Crippen LogP contribution in [0.5, 0.6) is 0 Å². The average molecular weight is 267 g/mol. The van der Waals surface area contributed by atoms with E-state index in [0.29, 0.717) is 5.56 Å². The maximum atomic E-state index is 13.2. The van der Waals surface area contributed by atoms with E-state index in [-0.39, 0.29) is 18.5 Å². The Morgan fingerprint density at radius 2 is 2.11 bits per heavy atom. The van der Waals surface area contributed by atoms with Crippen LogP contribution < -0.4 is 0 Å². The molecule has 0 bridgehead atoms. The Morgan fingerprint density at radius 1 is 1.42 bits per heavy atom. The number of carboxylic acid groups (broad SMARTS) is 1. The minimum Gasteiger partial charge on any atom is -0.480 e. The van der Waals surface area contributed by atoms with E-state index < -0.39 is 29.8 Å². The first-order chi connectivity index (χ1) is 8.90. The molecule has 1 fully saturated rings. The van der Waals surface area contributed by atoms with Crippen molar-refractivity contribution in [2.24, 2.45) is 0 Å². The summed E-state index contributed by atoms with van der Waals surface area (Å²) < 4.78 is 13.2. The number of amides is 1. The Morgan fingerprint density at radius 3 is 2.74 bits per heavy atom. The molecular weight excluding hydrogens is 253 g/mol. The van der Waals surface area contributed by atoms with Gasteiger partial charge in [-0.05, 0) is 24.6 Å². The third kappa shape index (κ3) is 2.58. The lowest BCUT2D eigenvalue weighted by Gasteiger charge is -2.22. The van der Waals surface area contributed by atoms with Crippen LogP contribution in [-0.4, -0.2) is 45.7 Å².